The first-order valence-electron chi connectivity index (χ1n) is 9.89. The third-order valence-electron chi connectivity index (χ3n) is 4.92. The first-order valence-corrected chi connectivity index (χ1v) is 11.3. The Kier molecular flexibility index (Phi) is 6.59. The number of thioether (sulfide) groups is 1. The molecule has 0 amide bonds. The number of hydrogen-bond acceptors (Lipinski definition) is 3. The van der Waals surface area contributed by atoms with Gasteiger partial charge in [0.25, 0.3) is 0 Å². The normalized spacial score (nSPS) is 12.9. The van der Waals surface area contributed by atoms with E-state index in [-0.39, 0.29) is 11.9 Å². The van der Waals surface area contributed by atoms with Crippen molar-refractivity contribution in [3.8, 4) is 11.3 Å². The molecule has 2 heterocycles. The van der Waals surface area contributed by atoms with Crippen LogP contribution >= 0.6 is 23.4 Å². The Bertz CT molecular complexity index is 1190. The maximum atomic E-state index is 13.5. The van der Waals surface area contributed by atoms with Crippen LogP contribution in [0.15, 0.2) is 83.6 Å². The average molecular weight is 453 g/mol. The first-order chi connectivity index (χ1) is 15.0. The second-order valence-electron chi connectivity index (χ2n) is 7.12. The maximum Gasteiger partial charge on any atom is 0.169 e. The number of aromatic amines is 1. The molecule has 0 bridgehead atoms. The summed E-state index contributed by atoms with van der Waals surface area (Å²) in [6.07, 6.45) is 6.36. The van der Waals surface area contributed by atoms with Crippen LogP contribution in [0.4, 0.5) is 4.39 Å². The Morgan fingerprint density at radius 2 is 2.03 bits per heavy atom. The molecule has 7 heteroatoms. The van der Waals surface area contributed by atoms with E-state index in [2.05, 4.69) is 26.1 Å². The number of aromatic nitrogens is 4. The van der Waals surface area contributed by atoms with Gasteiger partial charge in [0.15, 0.2) is 5.16 Å². The van der Waals surface area contributed by atoms with Gasteiger partial charge < -0.3 is 9.55 Å². The van der Waals surface area contributed by atoms with E-state index in [1.807, 2.05) is 49.5 Å². The molecule has 0 aliphatic rings. The summed E-state index contributed by atoms with van der Waals surface area (Å²) in [7, 11) is 0. The lowest BCUT2D eigenvalue weighted by molar-refractivity contribution is 0.566. The van der Waals surface area contributed by atoms with Gasteiger partial charge in [-0.3, -0.25) is 0 Å². The summed E-state index contributed by atoms with van der Waals surface area (Å²) in [6, 6.07) is 14.4. The van der Waals surface area contributed by atoms with E-state index in [1.165, 1.54) is 12.1 Å². The number of benzene rings is 2. The van der Waals surface area contributed by atoms with Gasteiger partial charge in [-0.1, -0.05) is 47.6 Å². The molecular weight excluding hydrogens is 431 g/mol. The van der Waals surface area contributed by atoms with Crippen molar-refractivity contribution in [1.82, 2.24) is 19.5 Å². The van der Waals surface area contributed by atoms with E-state index in [4.69, 9.17) is 11.6 Å². The first kappa shape index (κ1) is 21.4. The summed E-state index contributed by atoms with van der Waals surface area (Å²) in [4.78, 5) is 12.7. The van der Waals surface area contributed by atoms with Crippen molar-refractivity contribution in [3.05, 3.63) is 90.1 Å². The largest absolute Gasteiger partial charge is 0.341 e. The van der Waals surface area contributed by atoms with Gasteiger partial charge in [0, 0.05) is 10.6 Å². The molecule has 4 nitrogen and oxygen atoms in total. The Morgan fingerprint density at radius 1 is 1.26 bits per heavy atom. The van der Waals surface area contributed by atoms with E-state index >= 15 is 0 Å². The zero-order valence-corrected chi connectivity index (χ0v) is 18.6. The highest BCUT2D eigenvalue weighted by molar-refractivity contribution is 7.98. The summed E-state index contributed by atoms with van der Waals surface area (Å²) < 4.78 is 15.6. The van der Waals surface area contributed by atoms with Crippen molar-refractivity contribution in [1.29, 1.82) is 0 Å². The lowest BCUT2D eigenvalue weighted by Crippen LogP contribution is -2.09. The van der Waals surface area contributed by atoms with Gasteiger partial charge in [-0.05, 0) is 49.7 Å². The minimum atomic E-state index is -0.268. The fourth-order valence-corrected chi connectivity index (χ4v) is 4.39. The molecule has 158 valence electrons. The predicted molar refractivity (Wildman–Crippen MR) is 127 cm³/mol. The number of halogens is 2. The van der Waals surface area contributed by atoms with Crippen LogP contribution in [0.1, 0.15) is 25.2 Å². The zero-order chi connectivity index (χ0) is 21.8. The Hall–Kier alpha value is -2.83. The molecule has 0 radical (unpaired) electrons. The van der Waals surface area contributed by atoms with E-state index in [9.17, 15) is 4.39 Å². The molecule has 1 atom stereocenters. The van der Waals surface area contributed by atoms with Crippen LogP contribution in [-0.4, -0.2) is 19.5 Å². The van der Waals surface area contributed by atoms with Crippen LogP contribution < -0.4 is 0 Å². The molecule has 2 aromatic heterocycles. The van der Waals surface area contributed by atoms with Crippen molar-refractivity contribution in [3.63, 3.8) is 0 Å². The second kappa shape index (κ2) is 9.54. The molecule has 4 aromatic rings. The van der Waals surface area contributed by atoms with Crippen molar-refractivity contribution in [2.24, 2.45) is 0 Å². The van der Waals surface area contributed by atoms with Crippen molar-refractivity contribution >= 4 is 34.4 Å². The summed E-state index contributed by atoms with van der Waals surface area (Å²) in [5, 5.41) is 1.57. The molecule has 0 aliphatic heterocycles. The minimum absolute atomic E-state index is 0.0468. The van der Waals surface area contributed by atoms with E-state index in [0.717, 1.165) is 38.3 Å². The van der Waals surface area contributed by atoms with Gasteiger partial charge in [0.1, 0.15) is 11.6 Å². The topological polar surface area (TPSA) is 46.5 Å². The minimum Gasteiger partial charge on any atom is -0.341 e. The quantitative estimate of drug-likeness (QED) is 0.229. The van der Waals surface area contributed by atoms with Crippen LogP contribution in [0.3, 0.4) is 0 Å². The summed E-state index contributed by atoms with van der Waals surface area (Å²) in [5.74, 6) is 1.26. The van der Waals surface area contributed by atoms with Gasteiger partial charge in [0.2, 0.25) is 0 Å². The summed E-state index contributed by atoms with van der Waals surface area (Å²) >= 11 is 7.67. The van der Waals surface area contributed by atoms with Crippen molar-refractivity contribution in [2.75, 3.05) is 0 Å². The second-order valence-corrected chi connectivity index (χ2v) is 8.66. The molecule has 31 heavy (non-hydrogen) atoms. The highest BCUT2D eigenvalue weighted by atomic mass is 35.5. The number of imidazole rings is 2. The van der Waals surface area contributed by atoms with E-state index in [1.54, 1.807) is 23.9 Å². The van der Waals surface area contributed by atoms with Crippen LogP contribution in [0.2, 0.25) is 0 Å². The van der Waals surface area contributed by atoms with Gasteiger partial charge >= 0.3 is 0 Å². The van der Waals surface area contributed by atoms with Crippen LogP contribution in [0, 0.1) is 5.82 Å². The highest BCUT2D eigenvalue weighted by Crippen LogP contribution is 2.33. The van der Waals surface area contributed by atoms with Crippen molar-refractivity contribution in [2.45, 2.75) is 30.3 Å². The predicted octanol–water partition coefficient (Wildman–Crippen LogP) is 7.12. The zero-order valence-electron chi connectivity index (χ0n) is 17.1. The standard InChI is InChI=1S/C24H22ClFN4S/c1-3-19(13-8-16(2)25)30-22(17-9-11-18(26)12-10-17)14-27-24(30)31-15-23-28-20-6-4-5-7-21(20)29-23/h3-12,14,19H,1,13,15H2,2H3,(H,28,29)/b16-8+. The third kappa shape index (κ3) is 4.92. The van der Waals surface area contributed by atoms with Crippen LogP contribution in [-0.2, 0) is 5.75 Å². The molecule has 2 aromatic carbocycles. The van der Waals surface area contributed by atoms with E-state index in [0.29, 0.717) is 12.2 Å². The number of hydrogen-bond donors (Lipinski definition) is 1. The summed E-state index contributed by atoms with van der Waals surface area (Å²) in [5.41, 5.74) is 3.75. The molecule has 1 unspecified atom stereocenters. The molecule has 0 saturated carbocycles. The number of nitrogens with zero attached hydrogens (tertiary/aromatic N) is 3. The summed E-state index contributed by atoms with van der Waals surface area (Å²) in [6.45, 7) is 5.88. The number of rotatable bonds is 8. The SMILES string of the molecule is C=CC(C/C=C(\C)Cl)n1c(-c2ccc(F)cc2)cnc1SCc1nc2ccccc2[nH]1. The van der Waals surface area contributed by atoms with Gasteiger partial charge in [-0.15, -0.1) is 6.58 Å². The molecule has 0 spiro atoms. The highest BCUT2D eigenvalue weighted by Gasteiger charge is 2.19. The molecule has 0 aliphatic carbocycles. The van der Waals surface area contributed by atoms with Gasteiger partial charge in [-0.2, -0.15) is 0 Å². The fraction of sp³-hybridized carbons (Fsp3) is 0.167. The monoisotopic (exact) mass is 452 g/mol. The average Bonchev–Trinajstić information content (AvgIpc) is 3.37. The molecule has 4 rings (SSSR count). The number of H-pyrrole nitrogens is 1. The smallest absolute Gasteiger partial charge is 0.169 e. The lowest BCUT2D eigenvalue weighted by Gasteiger charge is -2.19. The van der Waals surface area contributed by atoms with Gasteiger partial charge in [0.05, 0.1) is 34.7 Å². The Morgan fingerprint density at radius 3 is 2.74 bits per heavy atom. The molecule has 0 saturated heterocycles. The van der Waals surface area contributed by atoms with Crippen LogP contribution in [0.25, 0.3) is 22.3 Å². The third-order valence-corrected chi connectivity index (χ3v) is 6.06. The van der Waals surface area contributed by atoms with Crippen molar-refractivity contribution < 1.29 is 4.39 Å². The Balaban J connectivity index is 1.67. The van der Waals surface area contributed by atoms with Crippen LogP contribution in [0.5, 0.6) is 0 Å². The maximum absolute atomic E-state index is 13.5. The number of nitrogens with one attached hydrogen (secondary N) is 1. The Labute approximate surface area is 189 Å². The number of fused-ring (bicyclic) bond motifs is 1. The fourth-order valence-electron chi connectivity index (χ4n) is 3.40. The number of para-hydroxylation sites is 2. The molecule has 1 N–H and O–H groups in total. The van der Waals surface area contributed by atoms with E-state index < -0.39 is 0 Å². The lowest BCUT2D eigenvalue weighted by atomic mass is 10.1. The number of allylic oxidation sites excluding steroid dienone is 3. The molecule has 0 fully saturated rings. The molecular formula is C24H22ClFN4S. The van der Waals surface area contributed by atoms with Gasteiger partial charge in [-0.25, -0.2) is 14.4 Å².